The largest absolute Gasteiger partial charge is 0.491 e. The average molecular weight is 271 g/mol. The molecule has 2 amide bonds. The van der Waals surface area contributed by atoms with E-state index in [1.165, 1.54) is 24.3 Å². The zero-order valence-electron chi connectivity index (χ0n) is 10.4. The number of nitrogens with one attached hydrogen (secondary N) is 2. The number of amides is 2. The third-order valence-corrected chi connectivity index (χ3v) is 2.24. The van der Waals surface area contributed by atoms with Crippen LogP contribution in [0.1, 0.15) is 0 Å². The Hall–Kier alpha value is -1.86. The van der Waals surface area contributed by atoms with E-state index < -0.39 is 12.1 Å². The average Bonchev–Trinajstić information content (AvgIpc) is 2.37. The van der Waals surface area contributed by atoms with E-state index in [-0.39, 0.29) is 12.4 Å². The van der Waals surface area contributed by atoms with Crippen LogP contribution >= 0.6 is 0 Å². The maximum Gasteiger partial charge on any atom is 0.312 e. The summed E-state index contributed by atoms with van der Waals surface area (Å²) in [5.74, 6) is 0.160. The van der Waals surface area contributed by atoms with Gasteiger partial charge in [-0.2, -0.15) is 0 Å². The summed E-state index contributed by atoms with van der Waals surface area (Å²) < 4.78 is 17.9. The zero-order chi connectivity index (χ0) is 14.1. The van der Waals surface area contributed by atoms with Gasteiger partial charge in [0.2, 0.25) is 0 Å². The fourth-order valence-electron chi connectivity index (χ4n) is 1.32. The van der Waals surface area contributed by atoms with E-state index in [0.717, 1.165) is 0 Å². The number of halogens is 1. The van der Waals surface area contributed by atoms with Gasteiger partial charge in [0.15, 0.2) is 0 Å². The first kappa shape index (κ1) is 15.2. The highest BCUT2D eigenvalue weighted by molar-refractivity contribution is 5.71. The van der Waals surface area contributed by atoms with Gasteiger partial charge in [0.25, 0.3) is 0 Å². The van der Waals surface area contributed by atoms with Gasteiger partial charge in [0.05, 0.1) is 0 Å². The second-order valence-corrected chi connectivity index (χ2v) is 3.91. The summed E-state index contributed by atoms with van der Waals surface area (Å²) in [7, 11) is 0. The summed E-state index contributed by atoms with van der Waals surface area (Å²) >= 11 is 0. The minimum Gasteiger partial charge on any atom is -0.491 e. The SMILES string of the molecule is NC(=O)NCCNCC(O)COc1ccc(F)cc1. The van der Waals surface area contributed by atoms with Gasteiger partial charge in [-0.1, -0.05) is 0 Å². The number of carbonyl (C=O) groups excluding carboxylic acids is 1. The number of hydrogen-bond donors (Lipinski definition) is 4. The molecule has 1 aromatic rings. The molecule has 7 heteroatoms. The number of urea groups is 1. The summed E-state index contributed by atoms with van der Waals surface area (Å²) in [5, 5.41) is 14.9. The second kappa shape index (κ2) is 8.28. The molecule has 0 saturated carbocycles. The first-order chi connectivity index (χ1) is 9.08. The number of aliphatic hydroxyl groups is 1. The number of primary amides is 1. The smallest absolute Gasteiger partial charge is 0.312 e. The van der Waals surface area contributed by atoms with E-state index in [4.69, 9.17) is 10.5 Å². The Morgan fingerprint density at radius 1 is 1.37 bits per heavy atom. The van der Waals surface area contributed by atoms with Crippen molar-refractivity contribution in [2.24, 2.45) is 5.73 Å². The van der Waals surface area contributed by atoms with Crippen molar-refractivity contribution in [3.8, 4) is 5.75 Å². The lowest BCUT2D eigenvalue weighted by Crippen LogP contribution is -2.38. The maximum absolute atomic E-state index is 12.6. The van der Waals surface area contributed by atoms with E-state index >= 15 is 0 Å². The number of benzene rings is 1. The number of rotatable bonds is 8. The number of nitrogens with two attached hydrogens (primary N) is 1. The summed E-state index contributed by atoms with van der Waals surface area (Å²) in [5.41, 5.74) is 4.88. The van der Waals surface area contributed by atoms with Crippen LogP contribution in [0, 0.1) is 5.82 Å². The molecule has 1 unspecified atom stereocenters. The van der Waals surface area contributed by atoms with Crippen molar-refractivity contribution in [1.29, 1.82) is 0 Å². The van der Waals surface area contributed by atoms with Crippen LogP contribution in [0.5, 0.6) is 5.75 Å². The second-order valence-electron chi connectivity index (χ2n) is 3.91. The van der Waals surface area contributed by atoms with Crippen molar-refractivity contribution >= 4 is 6.03 Å². The quantitative estimate of drug-likeness (QED) is 0.493. The van der Waals surface area contributed by atoms with Crippen molar-refractivity contribution < 1.29 is 19.0 Å². The third-order valence-electron chi connectivity index (χ3n) is 2.24. The highest BCUT2D eigenvalue weighted by Crippen LogP contribution is 2.10. The van der Waals surface area contributed by atoms with Gasteiger partial charge >= 0.3 is 6.03 Å². The van der Waals surface area contributed by atoms with E-state index in [9.17, 15) is 14.3 Å². The molecule has 0 aliphatic heterocycles. The standard InChI is InChI=1S/C12H18FN3O3/c13-9-1-3-11(4-2-9)19-8-10(17)7-15-5-6-16-12(14)18/h1-4,10,15,17H,5-8H2,(H3,14,16,18). The lowest BCUT2D eigenvalue weighted by molar-refractivity contribution is 0.106. The van der Waals surface area contributed by atoms with Crippen LogP contribution in [0.2, 0.25) is 0 Å². The minimum absolute atomic E-state index is 0.0991. The van der Waals surface area contributed by atoms with Crippen molar-refractivity contribution in [2.45, 2.75) is 6.10 Å². The van der Waals surface area contributed by atoms with Crippen LogP contribution in [-0.2, 0) is 0 Å². The molecule has 0 radical (unpaired) electrons. The fraction of sp³-hybridized carbons (Fsp3) is 0.417. The van der Waals surface area contributed by atoms with Crippen LogP contribution in [0.3, 0.4) is 0 Å². The molecular formula is C12H18FN3O3. The lowest BCUT2D eigenvalue weighted by Gasteiger charge is -2.13. The molecule has 0 aliphatic rings. The van der Waals surface area contributed by atoms with E-state index in [1.54, 1.807) is 0 Å². The molecule has 0 bridgehead atoms. The van der Waals surface area contributed by atoms with Gasteiger partial charge in [-0.25, -0.2) is 9.18 Å². The van der Waals surface area contributed by atoms with Gasteiger partial charge in [0, 0.05) is 19.6 Å². The highest BCUT2D eigenvalue weighted by Gasteiger charge is 2.04. The molecule has 0 spiro atoms. The van der Waals surface area contributed by atoms with Crippen molar-refractivity contribution in [3.63, 3.8) is 0 Å². The third kappa shape index (κ3) is 7.22. The topological polar surface area (TPSA) is 96.6 Å². The minimum atomic E-state index is -0.696. The van der Waals surface area contributed by atoms with Gasteiger partial charge in [-0.15, -0.1) is 0 Å². The molecule has 1 atom stereocenters. The number of aliphatic hydroxyl groups excluding tert-OH is 1. The molecule has 19 heavy (non-hydrogen) atoms. The Balaban J connectivity index is 2.09. The van der Waals surface area contributed by atoms with E-state index in [2.05, 4.69) is 10.6 Å². The van der Waals surface area contributed by atoms with Crippen LogP contribution in [0.25, 0.3) is 0 Å². The van der Waals surface area contributed by atoms with Crippen molar-refractivity contribution in [2.75, 3.05) is 26.2 Å². The molecule has 106 valence electrons. The first-order valence-electron chi connectivity index (χ1n) is 5.88. The highest BCUT2D eigenvalue weighted by atomic mass is 19.1. The summed E-state index contributed by atoms with van der Waals surface area (Å²) in [4.78, 5) is 10.4. The number of carbonyl (C=O) groups is 1. The first-order valence-corrected chi connectivity index (χ1v) is 5.88. The fourth-order valence-corrected chi connectivity index (χ4v) is 1.32. The number of hydrogen-bond acceptors (Lipinski definition) is 4. The van der Waals surface area contributed by atoms with Crippen molar-refractivity contribution in [3.05, 3.63) is 30.1 Å². The molecular weight excluding hydrogens is 253 g/mol. The van der Waals surface area contributed by atoms with E-state index in [1.807, 2.05) is 0 Å². The van der Waals surface area contributed by atoms with Gasteiger partial charge < -0.3 is 26.2 Å². The predicted molar refractivity (Wildman–Crippen MR) is 68.4 cm³/mol. The molecule has 0 heterocycles. The molecule has 6 nitrogen and oxygen atoms in total. The Labute approximate surface area is 110 Å². The molecule has 1 aromatic carbocycles. The number of ether oxygens (including phenoxy) is 1. The predicted octanol–water partition coefficient (Wildman–Crippen LogP) is -0.177. The molecule has 5 N–H and O–H groups in total. The summed E-state index contributed by atoms with van der Waals surface area (Å²) in [6.07, 6.45) is -0.696. The van der Waals surface area contributed by atoms with Crippen LogP contribution in [0.4, 0.5) is 9.18 Å². The van der Waals surface area contributed by atoms with Crippen LogP contribution in [0.15, 0.2) is 24.3 Å². The molecule has 0 aromatic heterocycles. The Kier molecular flexibility index (Phi) is 6.62. The molecule has 0 fully saturated rings. The summed E-state index contributed by atoms with van der Waals surface area (Å²) in [6, 6.07) is 4.98. The Bertz CT molecular complexity index is 386. The normalized spacial score (nSPS) is 11.9. The van der Waals surface area contributed by atoms with Gasteiger partial charge in [0.1, 0.15) is 24.3 Å². The lowest BCUT2D eigenvalue weighted by atomic mass is 10.3. The van der Waals surface area contributed by atoms with Gasteiger partial charge in [-0.05, 0) is 24.3 Å². The zero-order valence-corrected chi connectivity index (χ0v) is 10.4. The van der Waals surface area contributed by atoms with Crippen LogP contribution < -0.4 is 21.1 Å². The molecule has 0 aliphatic carbocycles. The maximum atomic E-state index is 12.6. The van der Waals surface area contributed by atoms with E-state index in [0.29, 0.717) is 25.4 Å². The Morgan fingerprint density at radius 3 is 2.68 bits per heavy atom. The Morgan fingerprint density at radius 2 is 2.05 bits per heavy atom. The molecule has 0 saturated heterocycles. The monoisotopic (exact) mass is 271 g/mol. The van der Waals surface area contributed by atoms with Crippen LogP contribution in [-0.4, -0.2) is 43.5 Å². The summed E-state index contributed by atoms with van der Waals surface area (Å²) in [6.45, 7) is 1.31. The van der Waals surface area contributed by atoms with Gasteiger partial charge in [-0.3, -0.25) is 0 Å². The van der Waals surface area contributed by atoms with Crippen molar-refractivity contribution in [1.82, 2.24) is 10.6 Å². The molecule has 1 rings (SSSR count).